The number of nitrogens with one attached hydrogen (secondary N) is 3. The number of quaternary nitrogens is 2. The maximum absolute atomic E-state index is 12.4. The first-order valence-corrected chi connectivity index (χ1v) is 11.1. The summed E-state index contributed by atoms with van der Waals surface area (Å²) >= 11 is 0. The van der Waals surface area contributed by atoms with Crippen molar-refractivity contribution in [1.29, 1.82) is 0 Å². The summed E-state index contributed by atoms with van der Waals surface area (Å²) in [6.45, 7) is 9.82. The van der Waals surface area contributed by atoms with Crippen molar-refractivity contribution in [3.63, 3.8) is 0 Å². The Morgan fingerprint density at radius 1 is 0.903 bits per heavy atom. The van der Waals surface area contributed by atoms with Crippen LogP contribution in [-0.4, -0.2) is 44.3 Å². The summed E-state index contributed by atoms with van der Waals surface area (Å²) in [5.41, 5.74) is 7.29. The summed E-state index contributed by atoms with van der Waals surface area (Å²) in [4.78, 5) is 15.4. The van der Waals surface area contributed by atoms with Gasteiger partial charge in [-0.25, -0.2) is 5.43 Å². The Morgan fingerprint density at radius 3 is 2.32 bits per heavy atom. The number of rotatable bonds is 6. The van der Waals surface area contributed by atoms with Gasteiger partial charge in [-0.3, -0.25) is 4.79 Å². The van der Waals surface area contributed by atoms with Gasteiger partial charge in [0, 0.05) is 5.56 Å². The van der Waals surface area contributed by atoms with Crippen LogP contribution in [0.4, 0.5) is 0 Å². The lowest BCUT2D eigenvalue weighted by molar-refractivity contribution is -1.02. The minimum Gasteiger partial charge on any atom is -0.322 e. The van der Waals surface area contributed by atoms with Crippen LogP contribution in [0, 0.1) is 6.92 Å². The van der Waals surface area contributed by atoms with Gasteiger partial charge in [0.05, 0.1) is 5.71 Å². The van der Waals surface area contributed by atoms with Gasteiger partial charge in [-0.15, -0.1) is 0 Å². The van der Waals surface area contributed by atoms with Gasteiger partial charge in [0.2, 0.25) is 0 Å². The zero-order valence-corrected chi connectivity index (χ0v) is 18.4. The number of piperazine rings is 1. The van der Waals surface area contributed by atoms with Crippen molar-refractivity contribution in [2.75, 3.05) is 32.7 Å². The highest BCUT2D eigenvalue weighted by atomic mass is 16.2. The van der Waals surface area contributed by atoms with E-state index in [2.05, 4.69) is 72.0 Å². The van der Waals surface area contributed by atoms with Gasteiger partial charge in [0.25, 0.3) is 5.91 Å². The topological polar surface area (TPSA) is 50.3 Å². The maximum Gasteiger partial charge on any atom is 0.295 e. The van der Waals surface area contributed by atoms with Gasteiger partial charge in [0.15, 0.2) is 6.54 Å². The lowest BCUT2D eigenvalue weighted by Gasteiger charge is -2.29. The third kappa shape index (κ3) is 5.78. The van der Waals surface area contributed by atoms with E-state index in [1.54, 1.807) is 4.90 Å². The first-order valence-electron chi connectivity index (χ1n) is 11.1. The van der Waals surface area contributed by atoms with E-state index < -0.39 is 0 Å². The van der Waals surface area contributed by atoms with Crippen molar-refractivity contribution >= 4 is 22.4 Å². The molecule has 1 aliphatic rings. The van der Waals surface area contributed by atoms with Gasteiger partial charge in [-0.2, -0.15) is 5.10 Å². The zero-order chi connectivity index (χ0) is 21.6. The van der Waals surface area contributed by atoms with E-state index in [0.29, 0.717) is 6.54 Å². The summed E-state index contributed by atoms with van der Waals surface area (Å²) in [5.74, 6) is -0.0166. The predicted octanol–water partition coefficient (Wildman–Crippen LogP) is 0.972. The molecule has 160 valence electrons. The van der Waals surface area contributed by atoms with E-state index in [4.69, 9.17) is 0 Å². The van der Waals surface area contributed by atoms with Gasteiger partial charge < -0.3 is 9.80 Å². The van der Waals surface area contributed by atoms with Gasteiger partial charge >= 0.3 is 0 Å². The third-order valence-corrected chi connectivity index (χ3v) is 6.17. The number of hydrogen-bond donors (Lipinski definition) is 3. The molecular weight excluding hydrogens is 384 g/mol. The zero-order valence-electron chi connectivity index (χ0n) is 18.4. The van der Waals surface area contributed by atoms with Crippen LogP contribution in [0.1, 0.15) is 23.6 Å². The van der Waals surface area contributed by atoms with Crippen molar-refractivity contribution < 1.29 is 14.6 Å². The van der Waals surface area contributed by atoms with Crippen LogP contribution in [0.15, 0.2) is 71.8 Å². The van der Waals surface area contributed by atoms with E-state index in [9.17, 15) is 4.79 Å². The molecule has 5 heteroatoms. The predicted molar refractivity (Wildman–Crippen MR) is 125 cm³/mol. The molecule has 1 aliphatic heterocycles. The molecular formula is C26H32N4O+2. The van der Waals surface area contributed by atoms with Crippen LogP contribution in [0.2, 0.25) is 0 Å². The van der Waals surface area contributed by atoms with Crippen LogP contribution < -0.4 is 15.2 Å². The molecule has 4 rings (SSSR count). The van der Waals surface area contributed by atoms with E-state index in [1.165, 1.54) is 26.8 Å². The molecule has 1 fully saturated rings. The number of hydrazone groups is 1. The van der Waals surface area contributed by atoms with Crippen molar-refractivity contribution in [3.8, 4) is 0 Å². The number of fused-ring (bicyclic) bond motifs is 1. The molecule has 3 aromatic carbocycles. The highest BCUT2D eigenvalue weighted by molar-refractivity contribution is 6.02. The monoisotopic (exact) mass is 416 g/mol. The van der Waals surface area contributed by atoms with Crippen molar-refractivity contribution in [1.82, 2.24) is 5.43 Å². The van der Waals surface area contributed by atoms with Crippen LogP contribution in [-0.2, 0) is 11.3 Å². The minimum absolute atomic E-state index is 0.0166. The fourth-order valence-electron chi connectivity index (χ4n) is 4.20. The normalized spacial score (nSPS) is 19.4. The molecule has 0 atom stereocenters. The Labute approximate surface area is 184 Å². The lowest BCUT2D eigenvalue weighted by atomic mass is 10.0. The highest BCUT2D eigenvalue weighted by Crippen LogP contribution is 2.16. The largest absolute Gasteiger partial charge is 0.322 e. The van der Waals surface area contributed by atoms with Crippen LogP contribution in [0.5, 0.6) is 0 Å². The van der Waals surface area contributed by atoms with Crippen molar-refractivity contribution in [2.45, 2.75) is 20.4 Å². The highest BCUT2D eigenvalue weighted by Gasteiger charge is 2.24. The minimum atomic E-state index is -0.0166. The van der Waals surface area contributed by atoms with E-state index in [0.717, 1.165) is 44.0 Å². The molecule has 0 spiro atoms. The summed E-state index contributed by atoms with van der Waals surface area (Å²) in [6.07, 6.45) is 0. The molecule has 0 bridgehead atoms. The number of benzene rings is 3. The molecule has 0 unspecified atom stereocenters. The molecule has 3 aromatic rings. The second-order valence-electron chi connectivity index (χ2n) is 8.63. The molecule has 0 aliphatic carbocycles. The molecule has 3 N–H and O–H groups in total. The van der Waals surface area contributed by atoms with Gasteiger partial charge in [-0.05, 0) is 36.2 Å². The molecule has 1 saturated heterocycles. The van der Waals surface area contributed by atoms with E-state index in [1.807, 2.05) is 19.1 Å². The summed E-state index contributed by atoms with van der Waals surface area (Å²) in [7, 11) is 0. The Morgan fingerprint density at radius 2 is 1.58 bits per heavy atom. The Hall–Kier alpha value is -3.02. The number of carbonyl (C=O) groups excluding carboxylic acids is 1. The molecule has 31 heavy (non-hydrogen) atoms. The van der Waals surface area contributed by atoms with Crippen LogP contribution in [0.3, 0.4) is 0 Å². The van der Waals surface area contributed by atoms with E-state index >= 15 is 0 Å². The number of hydrogen-bond acceptors (Lipinski definition) is 2. The lowest BCUT2D eigenvalue weighted by Crippen LogP contribution is -3.28. The average Bonchev–Trinajstić information content (AvgIpc) is 2.80. The standard InChI is InChI=1S/C26H30N4O/c1-20-7-9-22(10-8-20)18-29-13-15-30(16-14-29)19-26(31)28-27-21(2)24-12-11-23-5-3-4-6-25(23)17-24/h3-12,17H,13-16,18-19H2,1-2H3,(H,28,31)/p+2/b27-21-. The SMILES string of the molecule is C/C(=N/NC(=O)C[NH+]1CC[NH+](Cc2ccc(C)cc2)CC1)c1ccc2ccccc2c1. The second-order valence-corrected chi connectivity index (χ2v) is 8.63. The van der Waals surface area contributed by atoms with Crippen molar-refractivity contribution in [3.05, 3.63) is 83.4 Å². The molecule has 0 radical (unpaired) electrons. The Kier molecular flexibility index (Phi) is 6.75. The molecule has 5 nitrogen and oxygen atoms in total. The average molecular weight is 417 g/mol. The number of amides is 1. The first-order chi connectivity index (χ1) is 15.1. The number of nitrogens with zero attached hydrogens (tertiary/aromatic N) is 1. The Bertz CT molecular complexity index is 1070. The fourth-order valence-corrected chi connectivity index (χ4v) is 4.20. The Balaban J connectivity index is 1.24. The summed E-state index contributed by atoms with van der Waals surface area (Å²) in [5, 5.41) is 6.72. The summed E-state index contributed by atoms with van der Waals surface area (Å²) < 4.78 is 0. The van der Waals surface area contributed by atoms with Crippen LogP contribution >= 0.6 is 0 Å². The quantitative estimate of drug-likeness (QED) is 0.407. The second kappa shape index (κ2) is 9.86. The molecule has 0 saturated carbocycles. The molecule has 1 amide bonds. The molecule has 0 aromatic heterocycles. The third-order valence-electron chi connectivity index (χ3n) is 6.17. The smallest absolute Gasteiger partial charge is 0.295 e. The molecule has 1 heterocycles. The van der Waals surface area contributed by atoms with Crippen molar-refractivity contribution in [2.24, 2.45) is 5.10 Å². The summed E-state index contributed by atoms with van der Waals surface area (Å²) in [6, 6.07) is 23.3. The van der Waals surface area contributed by atoms with Gasteiger partial charge in [-0.1, -0.05) is 66.2 Å². The van der Waals surface area contributed by atoms with E-state index in [-0.39, 0.29) is 5.91 Å². The van der Waals surface area contributed by atoms with Crippen LogP contribution in [0.25, 0.3) is 10.8 Å². The number of carbonyl (C=O) groups is 1. The first kappa shape index (κ1) is 21.2. The maximum atomic E-state index is 12.4. The van der Waals surface area contributed by atoms with Gasteiger partial charge in [0.1, 0.15) is 32.7 Å². The number of aryl methyl sites for hydroxylation is 1. The fraction of sp³-hybridized carbons (Fsp3) is 0.308.